The molecule has 100 valence electrons. The van der Waals surface area contributed by atoms with Crippen LogP contribution in [0.4, 0.5) is 0 Å². The van der Waals surface area contributed by atoms with Crippen molar-refractivity contribution >= 4 is 15.9 Å². The van der Waals surface area contributed by atoms with Gasteiger partial charge in [0.15, 0.2) is 0 Å². The molecule has 1 heterocycles. The number of aliphatic hydroxyl groups is 1. The van der Waals surface area contributed by atoms with Gasteiger partial charge in [0, 0.05) is 30.3 Å². The Balaban J connectivity index is 2.06. The van der Waals surface area contributed by atoms with Gasteiger partial charge in [0.25, 0.3) is 0 Å². The van der Waals surface area contributed by atoms with E-state index in [0.29, 0.717) is 6.54 Å². The van der Waals surface area contributed by atoms with Gasteiger partial charge in [-0.15, -0.1) is 0 Å². The van der Waals surface area contributed by atoms with Gasteiger partial charge < -0.3 is 5.11 Å². The van der Waals surface area contributed by atoms with Gasteiger partial charge in [-0.3, -0.25) is 9.88 Å². The number of pyridine rings is 1. The summed E-state index contributed by atoms with van der Waals surface area (Å²) < 4.78 is 1.10. The maximum Gasteiger partial charge on any atom is 0.0558 e. The Hall–Kier alpha value is -1.23. The van der Waals surface area contributed by atoms with Gasteiger partial charge >= 0.3 is 0 Å². The van der Waals surface area contributed by atoms with E-state index in [-0.39, 0.29) is 6.61 Å². The molecule has 0 atom stereocenters. The van der Waals surface area contributed by atoms with E-state index in [9.17, 15) is 5.11 Å². The lowest BCUT2D eigenvalue weighted by atomic mass is 10.2. The average Bonchev–Trinajstić information content (AvgIpc) is 2.43. The van der Waals surface area contributed by atoms with E-state index in [1.54, 1.807) is 6.20 Å². The van der Waals surface area contributed by atoms with E-state index >= 15 is 0 Å². The van der Waals surface area contributed by atoms with Crippen LogP contribution in [0.5, 0.6) is 0 Å². The molecule has 0 amide bonds. The molecule has 0 spiro atoms. The molecule has 1 aromatic heterocycles. The van der Waals surface area contributed by atoms with Crippen LogP contribution in [-0.4, -0.2) is 28.1 Å². The number of nitrogens with zero attached hydrogens (tertiary/aromatic N) is 2. The Morgan fingerprint density at radius 2 is 1.84 bits per heavy atom. The van der Waals surface area contributed by atoms with Crippen LogP contribution >= 0.6 is 15.9 Å². The quantitative estimate of drug-likeness (QED) is 0.889. The molecule has 1 N–H and O–H groups in total. The highest BCUT2D eigenvalue weighted by atomic mass is 79.9. The number of hydrogen-bond acceptors (Lipinski definition) is 3. The predicted molar refractivity (Wildman–Crippen MR) is 79.6 cm³/mol. The molecule has 0 radical (unpaired) electrons. The second-order valence-electron chi connectivity index (χ2n) is 4.35. The van der Waals surface area contributed by atoms with E-state index in [0.717, 1.165) is 23.3 Å². The summed E-state index contributed by atoms with van der Waals surface area (Å²) in [5.41, 5.74) is 2.23. The average molecular weight is 321 g/mol. The molecule has 0 fully saturated rings. The molecule has 0 aliphatic carbocycles. The largest absolute Gasteiger partial charge is 0.395 e. The normalized spacial score (nSPS) is 10.9. The van der Waals surface area contributed by atoms with Crippen molar-refractivity contribution in [2.24, 2.45) is 0 Å². The maximum absolute atomic E-state index is 9.19. The first-order chi connectivity index (χ1) is 9.29. The van der Waals surface area contributed by atoms with Gasteiger partial charge in [-0.1, -0.05) is 40.2 Å². The summed E-state index contributed by atoms with van der Waals surface area (Å²) in [7, 11) is 0. The van der Waals surface area contributed by atoms with E-state index < -0.39 is 0 Å². The second kappa shape index (κ2) is 7.38. The topological polar surface area (TPSA) is 36.4 Å². The minimum Gasteiger partial charge on any atom is -0.395 e. The predicted octanol–water partition coefficient (Wildman–Crippen LogP) is 2.84. The molecule has 19 heavy (non-hydrogen) atoms. The standard InChI is InChI=1S/C15H17BrN2O/c16-15-7-2-1-5-13(15)11-18(9-10-19)12-14-6-3-4-8-17-14/h1-8,19H,9-12H2. The third-order valence-electron chi connectivity index (χ3n) is 2.88. The fraction of sp³-hybridized carbons (Fsp3) is 0.267. The molecule has 3 nitrogen and oxygen atoms in total. The van der Waals surface area contributed by atoms with Crippen molar-refractivity contribution in [2.75, 3.05) is 13.2 Å². The van der Waals surface area contributed by atoms with Gasteiger partial charge in [-0.2, -0.15) is 0 Å². The van der Waals surface area contributed by atoms with Crippen LogP contribution in [0.25, 0.3) is 0 Å². The van der Waals surface area contributed by atoms with Crippen LogP contribution < -0.4 is 0 Å². The highest BCUT2D eigenvalue weighted by molar-refractivity contribution is 9.10. The summed E-state index contributed by atoms with van der Waals surface area (Å²) in [5.74, 6) is 0. The van der Waals surface area contributed by atoms with E-state index in [2.05, 4.69) is 31.9 Å². The zero-order chi connectivity index (χ0) is 13.5. The fourth-order valence-corrected chi connectivity index (χ4v) is 2.35. The minimum absolute atomic E-state index is 0.150. The summed E-state index contributed by atoms with van der Waals surface area (Å²) in [5, 5.41) is 9.19. The fourth-order valence-electron chi connectivity index (χ4n) is 1.94. The van der Waals surface area contributed by atoms with Crippen LogP contribution in [-0.2, 0) is 13.1 Å². The Kier molecular flexibility index (Phi) is 5.51. The maximum atomic E-state index is 9.19. The first-order valence-electron chi connectivity index (χ1n) is 6.26. The SMILES string of the molecule is OCCN(Cc1ccccn1)Cc1ccccc1Br. The van der Waals surface area contributed by atoms with Gasteiger partial charge in [0.1, 0.15) is 0 Å². The lowest BCUT2D eigenvalue weighted by Gasteiger charge is -2.21. The first kappa shape index (κ1) is 14.2. The van der Waals surface area contributed by atoms with Crippen molar-refractivity contribution in [1.82, 2.24) is 9.88 Å². The highest BCUT2D eigenvalue weighted by Crippen LogP contribution is 2.18. The second-order valence-corrected chi connectivity index (χ2v) is 5.20. The number of halogens is 1. The van der Waals surface area contributed by atoms with E-state index in [4.69, 9.17) is 0 Å². The van der Waals surface area contributed by atoms with Gasteiger partial charge in [0.2, 0.25) is 0 Å². The first-order valence-corrected chi connectivity index (χ1v) is 7.05. The summed E-state index contributed by atoms with van der Waals surface area (Å²) >= 11 is 3.56. The molecule has 1 aromatic carbocycles. The summed E-state index contributed by atoms with van der Waals surface area (Å²) in [6, 6.07) is 14.1. The number of aliphatic hydroxyl groups excluding tert-OH is 1. The number of rotatable bonds is 6. The third kappa shape index (κ3) is 4.42. The zero-order valence-electron chi connectivity index (χ0n) is 10.7. The molecule has 0 saturated heterocycles. The Bertz CT molecular complexity index is 505. The molecule has 0 aliphatic rings. The molecule has 2 rings (SSSR count). The minimum atomic E-state index is 0.150. The van der Waals surface area contributed by atoms with Crippen LogP contribution in [0.1, 0.15) is 11.3 Å². The number of hydrogen-bond donors (Lipinski definition) is 1. The monoisotopic (exact) mass is 320 g/mol. The molecule has 0 unspecified atom stereocenters. The van der Waals surface area contributed by atoms with Gasteiger partial charge in [-0.05, 0) is 23.8 Å². The zero-order valence-corrected chi connectivity index (χ0v) is 12.3. The van der Waals surface area contributed by atoms with Crippen molar-refractivity contribution in [3.8, 4) is 0 Å². The van der Waals surface area contributed by atoms with Crippen molar-refractivity contribution < 1.29 is 5.11 Å². The molecule has 0 bridgehead atoms. The van der Waals surface area contributed by atoms with Crippen LogP contribution in [0.2, 0.25) is 0 Å². The van der Waals surface area contributed by atoms with Crippen molar-refractivity contribution in [3.63, 3.8) is 0 Å². The number of benzene rings is 1. The highest BCUT2D eigenvalue weighted by Gasteiger charge is 2.09. The van der Waals surface area contributed by atoms with Crippen LogP contribution in [0, 0.1) is 0 Å². The van der Waals surface area contributed by atoms with Crippen LogP contribution in [0.15, 0.2) is 53.1 Å². The molecule has 4 heteroatoms. The van der Waals surface area contributed by atoms with Gasteiger partial charge in [0.05, 0.1) is 12.3 Å². The van der Waals surface area contributed by atoms with E-state index in [1.807, 2.05) is 36.4 Å². The summed E-state index contributed by atoms with van der Waals surface area (Å²) in [4.78, 5) is 6.51. The van der Waals surface area contributed by atoms with E-state index in [1.165, 1.54) is 5.56 Å². The Morgan fingerprint density at radius 1 is 1.05 bits per heavy atom. The third-order valence-corrected chi connectivity index (χ3v) is 3.65. The summed E-state index contributed by atoms with van der Waals surface area (Å²) in [6.07, 6.45) is 1.80. The lowest BCUT2D eigenvalue weighted by Crippen LogP contribution is -2.26. The van der Waals surface area contributed by atoms with Gasteiger partial charge in [-0.25, -0.2) is 0 Å². The molecular weight excluding hydrogens is 304 g/mol. The molecule has 0 saturated carbocycles. The van der Waals surface area contributed by atoms with Crippen molar-refractivity contribution in [1.29, 1.82) is 0 Å². The van der Waals surface area contributed by atoms with Crippen LogP contribution in [0.3, 0.4) is 0 Å². The van der Waals surface area contributed by atoms with Crippen molar-refractivity contribution in [2.45, 2.75) is 13.1 Å². The Morgan fingerprint density at radius 3 is 2.53 bits per heavy atom. The van der Waals surface area contributed by atoms with Crippen molar-refractivity contribution in [3.05, 3.63) is 64.4 Å². The molecule has 2 aromatic rings. The number of aromatic nitrogens is 1. The Labute approximate surface area is 122 Å². The smallest absolute Gasteiger partial charge is 0.0558 e. The lowest BCUT2D eigenvalue weighted by molar-refractivity contribution is 0.182. The summed E-state index contributed by atoms with van der Waals surface area (Å²) in [6.45, 7) is 2.32. The molecular formula is C15H17BrN2O. The molecule has 0 aliphatic heterocycles.